The monoisotopic (exact) mass is 385 g/mol. The van der Waals surface area contributed by atoms with Crippen molar-refractivity contribution in [1.29, 1.82) is 0 Å². The lowest BCUT2D eigenvalue weighted by Gasteiger charge is -2.07. The minimum absolute atomic E-state index is 0.327. The highest BCUT2D eigenvalue weighted by atomic mass is 16.5. The van der Waals surface area contributed by atoms with Gasteiger partial charge in [-0.25, -0.2) is 4.57 Å². The van der Waals surface area contributed by atoms with Crippen molar-refractivity contribution in [3.8, 4) is 11.4 Å². The van der Waals surface area contributed by atoms with Crippen molar-refractivity contribution >= 4 is 7.69 Å². The molecule has 0 saturated heterocycles. The number of pyridine rings is 1. The van der Waals surface area contributed by atoms with Crippen LogP contribution in [0.4, 0.5) is 0 Å². The number of hydrogen-bond donors (Lipinski definition) is 1. The maximum absolute atomic E-state index is 9.09. The van der Waals surface area contributed by atoms with Crippen LogP contribution in [0.1, 0.15) is 16.7 Å². The molecule has 0 fully saturated rings. The summed E-state index contributed by atoms with van der Waals surface area (Å²) in [5.74, 6) is 0.699. The molecule has 1 N–H and O–H groups in total. The van der Waals surface area contributed by atoms with Crippen molar-refractivity contribution in [3.05, 3.63) is 108 Å². The van der Waals surface area contributed by atoms with E-state index in [9.17, 15) is 0 Å². The maximum atomic E-state index is 9.09. The first-order valence-electron chi connectivity index (χ1n) is 9.65. The van der Waals surface area contributed by atoms with Crippen molar-refractivity contribution in [3.63, 3.8) is 0 Å². The molecule has 0 atom stereocenters. The summed E-state index contributed by atoms with van der Waals surface area (Å²) in [5, 5.41) is 9.09. The van der Waals surface area contributed by atoms with Crippen LogP contribution in [0.3, 0.4) is 0 Å². The molecule has 2 aromatic heterocycles. The van der Waals surface area contributed by atoms with E-state index >= 15 is 0 Å². The second kappa shape index (κ2) is 8.75. The normalized spacial score (nSPS) is 10.7. The zero-order valence-corrected chi connectivity index (χ0v) is 16.5. The third-order valence-corrected chi connectivity index (χ3v) is 4.99. The quantitative estimate of drug-likeness (QED) is 0.391. The van der Waals surface area contributed by atoms with Gasteiger partial charge < -0.3 is 9.68 Å². The zero-order chi connectivity index (χ0) is 20.1. The molecule has 6 heteroatoms. The van der Waals surface area contributed by atoms with E-state index in [2.05, 4.69) is 75.9 Å². The first-order chi connectivity index (χ1) is 14.2. The fourth-order valence-corrected chi connectivity index (χ4v) is 3.43. The SMILES string of the molecule is Cc1ccccc1C[n+]1ccn(-c2ccc[n+](Cc3ccccc3OBO)c2)c1. The number of nitrogens with zero attached hydrogens (tertiary/aromatic N) is 3. The summed E-state index contributed by atoms with van der Waals surface area (Å²) < 4.78 is 11.7. The average molecular weight is 385 g/mol. The van der Waals surface area contributed by atoms with Crippen LogP contribution in [0.5, 0.6) is 5.75 Å². The summed E-state index contributed by atoms with van der Waals surface area (Å²) in [7, 11) is -0.327. The molecule has 2 aromatic carbocycles. The largest absolute Gasteiger partial charge is 0.538 e. The molecule has 0 bridgehead atoms. The molecule has 0 spiro atoms. The molecule has 2 heterocycles. The van der Waals surface area contributed by atoms with Gasteiger partial charge in [0.15, 0.2) is 18.4 Å². The van der Waals surface area contributed by atoms with E-state index in [4.69, 9.17) is 9.68 Å². The highest BCUT2D eigenvalue weighted by Crippen LogP contribution is 2.17. The van der Waals surface area contributed by atoms with Crippen molar-refractivity contribution in [2.45, 2.75) is 20.0 Å². The molecular weight excluding hydrogens is 361 g/mol. The third kappa shape index (κ3) is 4.55. The van der Waals surface area contributed by atoms with Gasteiger partial charge in [-0.15, -0.1) is 0 Å². The molecule has 5 nitrogen and oxygen atoms in total. The molecule has 144 valence electrons. The summed E-state index contributed by atoms with van der Waals surface area (Å²) in [6, 6.07) is 20.4. The Morgan fingerprint density at radius 2 is 1.66 bits per heavy atom. The second-order valence-electron chi connectivity index (χ2n) is 7.04. The standard InChI is InChI=1S/C23H24BN3O2/c1-19-7-2-3-8-20(19)15-26-13-14-27(18-26)22-10-6-12-25(17-22)16-21-9-4-5-11-23(21)29-24-28/h2-14,17-18,24,28H,15-16H2,1H3/q+2. The van der Waals surface area contributed by atoms with Gasteiger partial charge in [0.05, 0.1) is 5.56 Å². The number of benzene rings is 2. The van der Waals surface area contributed by atoms with E-state index in [0.717, 1.165) is 17.8 Å². The van der Waals surface area contributed by atoms with Crippen molar-refractivity contribution in [1.82, 2.24) is 4.57 Å². The Bertz CT molecular complexity index is 1110. The Hall–Kier alpha value is -3.38. The Morgan fingerprint density at radius 3 is 2.48 bits per heavy atom. The zero-order valence-electron chi connectivity index (χ0n) is 16.5. The van der Waals surface area contributed by atoms with Crippen LogP contribution < -0.4 is 13.8 Å². The first-order valence-corrected chi connectivity index (χ1v) is 9.65. The van der Waals surface area contributed by atoms with Crippen LogP contribution in [0, 0.1) is 6.92 Å². The van der Waals surface area contributed by atoms with Crippen molar-refractivity contribution < 1.29 is 18.8 Å². The Labute approximate surface area is 171 Å². The third-order valence-electron chi connectivity index (χ3n) is 4.99. The number of para-hydroxylation sites is 1. The van der Waals surface area contributed by atoms with Crippen LogP contribution in [-0.2, 0) is 13.1 Å². The molecule has 0 amide bonds. The number of hydrogen-bond acceptors (Lipinski definition) is 2. The van der Waals surface area contributed by atoms with Crippen molar-refractivity contribution in [2.24, 2.45) is 0 Å². The molecule has 4 aromatic rings. The first kappa shape index (κ1) is 19.0. The lowest BCUT2D eigenvalue weighted by Crippen LogP contribution is -2.34. The van der Waals surface area contributed by atoms with E-state index in [0.29, 0.717) is 12.3 Å². The molecule has 4 rings (SSSR count). The number of imidazole rings is 1. The van der Waals surface area contributed by atoms with Crippen molar-refractivity contribution in [2.75, 3.05) is 0 Å². The van der Waals surface area contributed by atoms with Gasteiger partial charge in [-0.3, -0.25) is 0 Å². The Morgan fingerprint density at radius 1 is 0.897 bits per heavy atom. The molecule has 0 radical (unpaired) electrons. The van der Waals surface area contributed by atoms with Crippen LogP contribution in [0.25, 0.3) is 5.69 Å². The summed E-state index contributed by atoms with van der Waals surface area (Å²) >= 11 is 0. The number of aryl methyl sites for hydroxylation is 1. The number of rotatable bonds is 7. The summed E-state index contributed by atoms with van der Waals surface area (Å²) in [6.07, 6.45) is 10.4. The Kier molecular flexibility index (Phi) is 5.72. The van der Waals surface area contributed by atoms with E-state index in [1.165, 1.54) is 11.1 Å². The van der Waals surface area contributed by atoms with E-state index in [1.807, 2.05) is 36.5 Å². The predicted molar refractivity (Wildman–Crippen MR) is 112 cm³/mol. The highest BCUT2D eigenvalue weighted by molar-refractivity contribution is 6.17. The highest BCUT2D eigenvalue weighted by Gasteiger charge is 2.14. The molecular formula is C23H24BN3O2+2. The van der Waals surface area contributed by atoms with Gasteiger partial charge in [-0.2, -0.15) is 9.13 Å². The van der Waals surface area contributed by atoms with E-state index in [1.54, 1.807) is 0 Å². The molecule has 0 saturated carbocycles. The van der Waals surface area contributed by atoms with Gasteiger partial charge in [0.1, 0.15) is 24.7 Å². The maximum Gasteiger partial charge on any atom is 0.504 e. The smallest absolute Gasteiger partial charge is 0.504 e. The Balaban J connectivity index is 1.54. The average Bonchev–Trinajstić information content (AvgIpc) is 3.20. The minimum Gasteiger partial charge on any atom is -0.538 e. The lowest BCUT2D eigenvalue weighted by molar-refractivity contribution is -0.689. The van der Waals surface area contributed by atoms with Gasteiger partial charge in [0, 0.05) is 6.07 Å². The second-order valence-corrected chi connectivity index (χ2v) is 7.04. The fraction of sp³-hybridized carbons (Fsp3) is 0.130. The molecule has 0 aliphatic carbocycles. The lowest BCUT2D eigenvalue weighted by atomic mass is 10.1. The molecule has 0 aliphatic rings. The van der Waals surface area contributed by atoms with Crippen LogP contribution in [0.15, 0.2) is 91.8 Å². The summed E-state index contributed by atoms with van der Waals surface area (Å²) in [6.45, 7) is 3.65. The van der Waals surface area contributed by atoms with Gasteiger partial charge >= 0.3 is 7.69 Å². The molecule has 0 unspecified atom stereocenters. The molecule has 0 aliphatic heterocycles. The summed E-state index contributed by atoms with van der Waals surface area (Å²) in [4.78, 5) is 0. The van der Waals surface area contributed by atoms with Gasteiger partial charge in [0.25, 0.3) is 0 Å². The fourth-order valence-electron chi connectivity index (χ4n) is 3.43. The molecule has 29 heavy (non-hydrogen) atoms. The number of aromatic nitrogens is 3. The van der Waals surface area contributed by atoms with E-state index in [-0.39, 0.29) is 7.69 Å². The summed E-state index contributed by atoms with van der Waals surface area (Å²) in [5.41, 5.74) is 4.72. The van der Waals surface area contributed by atoms with Gasteiger partial charge in [-0.05, 0) is 36.2 Å². The van der Waals surface area contributed by atoms with Gasteiger partial charge in [0.2, 0.25) is 12.5 Å². The van der Waals surface area contributed by atoms with Crippen LogP contribution in [0.2, 0.25) is 0 Å². The topological polar surface area (TPSA) is 42.1 Å². The van der Waals surface area contributed by atoms with Crippen LogP contribution in [-0.4, -0.2) is 17.3 Å². The van der Waals surface area contributed by atoms with Crippen LogP contribution >= 0.6 is 0 Å². The predicted octanol–water partition coefficient (Wildman–Crippen LogP) is 2.09. The van der Waals surface area contributed by atoms with Gasteiger partial charge in [-0.1, -0.05) is 36.4 Å². The minimum atomic E-state index is -0.327. The van der Waals surface area contributed by atoms with E-state index < -0.39 is 0 Å².